The molecule has 0 amide bonds. The molecule has 0 rings (SSSR count). The Morgan fingerprint density at radius 2 is 0.619 bits per heavy atom. The molecule has 0 saturated heterocycles. The fourth-order valence-corrected chi connectivity index (χ4v) is 7.55. The lowest BCUT2D eigenvalue weighted by atomic mass is 10.0. The number of carbonyl (C=O) groups excluding carboxylic acids is 3. The quantitative estimate of drug-likeness (QED) is 0.0262. The van der Waals surface area contributed by atoms with Crippen LogP contribution in [0.2, 0.25) is 0 Å². The van der Waals surface area contributed by atoms with Gasteiger partial charge in [0.1, 0.15) is 13.2 Å². The second kappa shape index (κ2) is 51.7. The van der Waals surface area contributed by atoms with Crippen LogP contribution in [-0.4, -0.2) is 37.2 Å². The highest BCUT2D eigenvalue weighted by Gasteiger charge is 2.19. The summed E-state index contributed by atoms with van der Waals surface area (Å²) < 4.78 is 16.8. The first kappa shape index (κ1) is 60.1. The Balaban J connectivity index is 4.34. The van der Waals surface area contributed by atoms with E-state index in [2.05, 4.69) is 81.5 Å². The molecular formula is C57H100O6. The molecule has 63 heavy (non-hydrogen) atoms. The van der Waals surface area contributed by atoms with Gasteiger partial charge in [0.15, 0.2) is 6.10 Å². The van der Waals surface area contributed by atoms with E-state index >= 15 is 0 Å². The van der Waals surface area contributed by atoms with E-state index in [1.807, 2.05) is 0 Å². The van der Waals surface area contributed by atoms with Crippen LogP contribution >= 0.6 is 0 Å². The van der Waals surface area contributed by atoms with Gasteiger partial charge in [-0.1, -0.05) is 229 Å². The molecule has 0 N–H and O–H groups in total. The largest absolute Gasteiger partial charge is 0.462 e. The van der Waals surface area contributed by atoms with Gasteiger partial charge in [0.2, 0.25) is 0 Å². The first-order valence-corrected chi connectivity index (χ1v) is 26.8. The normalized spacial score (nSPS) is 12.5. The van der Waals surface area contributed by atoms with Gasteiger partial charge in [-0.2, -0.15) is 0 Å². The predicted molar refractivity (Wildman–Crippen MR) is 270 cm³/mol. The Labute approximate surface area is 390 Å². The molecule has 0 spiro atoms. The van der Waals surface area contributed by atoms with E-state index in [0.717, 1.165) is 96.3 Å². The molecule has 0 radical (unpaired) electrons. The van der Waals surface area contributed by atoms with Crippen molar-refractivity contribution in [1.29, 1.82) is 0 Å². The number of hydrogen-bond donors (Lipinski definition) is 0. The van der Waals surface area contributed by atoms with E-state index in [1.54, 1.807) is 0 Å². The van der Waals surface area contributed by atoms with Crippen molar-refractivity contribution in [2.24, 2.45) is 0 Å². The highest BCUT2D eigenvalue weighted by Crippen LogP contribution is 2.15. The SMILES string of the molecule is CC/C=C\C/C=C\C/C=C\CCCCCCCCCCCC(=O)OCC(COC(=O)CCCCCCCCCCCCCC)OC(=O)CCCCCCCCC/C=C\C/C=C\CC. The van der Waals surface area contributed by atoms with E-state index < -0.39 is 6.10 Å². The van der Waals surface area contributed by atoms with E-state index in [0.29, 0.717) is 19.3 Å². The van der Waals surface area contributed by atoms with Gasteiger partial charge in [0.25, 0.3) is 0 Å². The maximum atomic E-state index is 12.8. The summed E-state index contributed by atoms with van der Waals surface area (Å²) in [6, 6.07) is 0. The number of ether oxygens (including phenoxy) is 3. The van der Waals surface area contributed by atoms with Crippen LogP contribution in [0.1, 0.15) is 265 Å². The Morgan fingerprint density at radius 3 is 0.968 bits per heavy atom. The standard InChI is InChI=1S/C57H100O6/c1-4-7-10-13-16-19-22-25-27-28-29-30-31-33-35-38-41-44-47-50-56(59)62-53-54(52-61-55(58)49-46-43-40-37-34-24-21-18-15-12-9-6-3)63-57(60)51-48-45-42-39-36-32-26-23-20-17-14-11-8-5-2/h7-8,10-11,16-17,19-20,25,27,54H,4-6,9,12-15,18,21-24,26,28-53H2,1-3H3/b10-7-,11-8-,19-16-,20-17-,27-25-. The highest BCUT2D eigenvalue weighted by molar-refractivity contribution is 5.71. The summed E-state index contributed by atoms with van der Waals surface area (Å²) in [5.74, 6) is -0.884. The van der Waals surface area contributed by atoms with Crippen molar-refractivity contribution >= 4 is 17.9 Å². The van der Waals surface area contributed by atoms with Crippen LogP contribution in [0.25, 0.3) is 0 Å². The third kappa shape index (κ3) is 50.0. The molecule has 364 valence electrons. The third-order valence-electron chi connectivity index (χ3n) is 11.5. The summed E-state index contributed by atoms with van der Waals surface area (Å²) in [4.78, 5) is 38.0. The molecule has 0 heterocycles. The lowest BCUT2D eigenvalue weighted by Gasteiger charge is -2.18. The summed E-state index contributed by atoms with van der Waals surface area (Å²) in [5, 5.41) is 0. The van der Waals surface area contributed by atoms with Gasteiger partial charge in [-0.3, -0.25) is 14.4 Å². The molecular weight excluding hydrogens is 781 g/mol. The molecule has 0 saturated carbocycles. The molecule has 0 aliphatic carbocycles. The first-order valence-electron chi connectivity index (χ1n) is 26.8. The zero-order valence-electron chi connectivity index (χ0n) is 41.6. The summed E-state index contributed by atoms with van der Waals surface area (Å²) in [6.45, 7) is 6.43. The van der Waals surface area contributed by atoms with Crippen LogP contribution in [0.5, 0.6) is 0 Å². The van der Waals surface area contributed by atoms with Gasteiger partial charge < -0.3 is 14.2 Å². The number of esters is 3. The van der Waals surface area contributed by atoms with Gasteiger partial charge in [-0.05, 0) is 77.0 Å². The Kier molecular flexibility index (Phi) is 49.4. The maximum Gasteiger partial charge on any atom is 0.306 e. The molecule has 0 aliphatic rings. The number of unbranched alkanes of at least 4 members (excludes halogenated alkanes) is 27. The number of allylic oxidation sites excluding steroid dienone is 10. The van der Waals surface area contributed by atoms with Crippen LogP contribution in [0.4, 0.5) is 0 Å². The molecule has 6 nitrogen and oxygen atoms in total. The number of carbonyl (C=O) groups is 3. The van der Waals surface area contributed by atoms with E-state index in [1.165, 1.54) is 128 Å². The van der Waals surface area contributed by atoms with Gasteiger partial charge in [-0.15, -0.1) is 0 Å². The van der Waals surface area contributed by atoms with Gasteiger partial charge in [0.05, 0.1) is 0 Å². The zero-order valence-corrected chi connectivity index (χ0v) is 41.6. The zero-order chi connectivity index (χ0) is 45.8. The topological polar surface area (TPSA) is 78.9 Å². The lowest BCUT2D eigenvalue weighted by molar-refractivity contribution is -0.167. The molecule has 0 aromatic heterocycles. The molecule has 0 fully saturated rings. The monoisotopic (exact) mass is 881 g/mol. The summed E-state index contributed by atoms with van der Waals surface area (Å²) in [7, 11) is 0. The molecule has 0 aliphatic heterocycles. The van der Waals surface area contributed by atoms with E-state index in [-0.39, 0.29) is 31.1 Å². The van der Waals surface area contributed by atoms with Crippen LogP contribution in [0.15, 0.2) is 60.8 Å². The lowest BCUT2D eigenvalue weighted by Crippen LogP contribution is -2.30. The Morgan fingerprint density at radius 1 is 0.333 bits per heavy atom. The number of hydrogen-bond acceptors (Lipinski definition) is 6. The summed E-state index contributed by atoms with van der Waals surface area (Å²) in [5.41, 5.74) is 0. The van der Waals surface area contributed by atoms with Crippen LogP contribution in [-0.2, 0) is 28.6 Å². The molecule has 1 unspecified atom stereocenters. The third-order valence-corrected chi connectivity index (χ3v) is 11.5. The molecule has 0 bridgehead atoms. The van der Waals surface area contributed by atoms with Crippen molar-refractivity contribution in [3.05, 3.63) is 60.8 Å². The van der Waals surface area contributed by atoms with Crippen molar-refractivity contribution < 1.29 is 28.6 Å². The molecule has 6 heteroatoms. The molecule has 0 aromatic rings. The highest BCUT2D eigenvalue weighted by atomic mass is 16.6. The second-order valence-corrected chi connectivity index (χ2v) is 17.7. The van der Waals surface area contributed by atoms with E-state index in [9.17, 15) is 14.4 Å². The van der Waals surface area contributed by atoms with Crippen molar-refractivity contribution in [3.8, 4) is 0 Å². The predicted octanol–water partition coefficient (Wildman–Crippen LogP) is 17.6. The first-order chi connectivity index (χ1) is 31.0. The minimum absolute atomic E-state index is 0.0769. The minimum atomic E-state index is -0.778. The summed E-state index contributed by atoms with van der Waals surface area (Å²) in [6.07, 6.45) is 63.5. The fraction of sp³-hybridized carbons (Fsp3) is 0.772. The summed E-state index contributed by atoms with van der Waals surface area (Å²) >= 11 is 0. The Bertz CT molecular complexity index is 1150. The smallest absolute Gasteiger partial charge is 0.306 e. The van der Waals surface area contributed by atoms with Gasteiger partial charge in [-0.25, -0.2) is 0 Å². The minimum Gasteiger partial charge on any atom is -0.462 e. The number of rotatable bonds is 48. The van der Waals surface area contributed by atoms with Crippen molar-refractivity contribution in [2.75, 3.05) is 13.2 Å². The average molecular weight is 881 g/mol. The maximum absolute atomic E-state index is 12.8. The Hall–Kier alpha value is -2.89. The van der Waals surface area contributed by atoms with Gasteiger partial charge in [0, 0.05) is 19.3 Å². The van der Waals surface area contributed by atoms with Crippen LogP contribution in [0, 0.1) is 0 Å². The van der Waals surface area contributed by atoms with E-state index in [4.69, 9.17) is 14.2 Å². The average Bonchev–Trinajstić information content (AvgIpc) is 3.28. The van der Waals surface area contributed by atoms with Crippen LogP contribution < -0.4 is 0 Å². The second-order valence-electron chi connectivity index (χ2n) is 17.7. The van der Waals surface area contributed by atoms with Crippen molar-refractivity contribution in [1.82, 2.24) is 0 Å². The van der Waals surface area contributed by atoms with Crippen molar-refractivity contribution in [3.63, 3.8) is 0 Å². The molecule has 0 aromatic carbocycles. The fourth-order valence-electron chi connectivity index (χ4n) is 7.55. The molecule has 1 atom stereocenters. The van der Waals surface area contributed by atoms with Crippen LogP contribution in [0.3, 0.4) is 0 Å². The van der Waals surface area contributed by atoms with Gasteiger partial charge >= 0.3 is 17.9 Å². The van der Waals surface area contributed by atoms with Crippen molar-refractivity contribution in [2.45, 2.75) is 271 Å².